The van der Waals surface area contributed by atoms with Gasteiger partial charge in [0.05, 0.1) is 33.0 Å². The van der Waals surface area contributed by atoms with E-state index in [2.05, 4.69) is 25.9 Å². The number of hydrogen-bond donors (Lipinski definition) is 0. The number of nitrogens with zero attached hydrogens (tertiary/aromatic N) is 1. The minimum Gasteiger partial charge on any atom is -0.379 e. The summed E-state index contributed by atoms with van der Waals surface area (Å²) in [7, 11) is 4.10. The largest absolute Gasteiger partial charge is 0.379 e. The zero-order valence-electron chi connectivity index (χ0n) is 18.8. The van der Waals surface area contributed by atoms with Gasteiger partial charge in [-0.25, -0.2) is 0 Å². The molecule has 4 heteroatoms. The van der Waals surface area contributed by atoms with Crippen molar-refractivity contribution in [2.24, 2.45) is 0 Å². The van der Waals surface area contributed by atoms with Gasteiger partial charge in [-0.05, 0) is 20.5 Å². The number of hydrogen-bond acceptors (Lipinski definition) is 4. The second-order valence-corrected chi connectivity index (χ2v) is 7.88. The monoisotopic (exact) mass is 387 g/mol. The molecule has 0 rings (SSSR count). The van der Waals surface area contributed by atoms with Gasteiger partial charge in [0.2, 0.25) is 0 Å². The maximum atomic E-state index is 5.62. The third kappa shape index (κ3) is 25.8. The molecule has 0 aromatic rings. The number of rotatable bonds is 23. The van der Waals surface area contributed by atoms with Crippen molar-refractivity contribution in [3.8, 4) is 0 Å². The first-order valence-electron chi connectivity index (χ1n) is 11.6. The van der Waals surface area contributed by atoms with Crippen molar-refractivity contribution in [2.45, 2.75) is 90.4 Å². The fourth-order valence-electron chi connectivity index (χ4n) is 3.01. The molecular weight excluding hydrogens is 338 g/mol. The van der Waals surface area contributed by atoms with Crippen LogP contribution in [0.5, 0.6) is 0 Å². The van der Waals surface area contributed by atoms with Gasteiger partial charge < -0.3 is 19.1 Å². The Labute approximate surface area is 170 Å². The molecule has 0 bridgehead atoms. The molecule has 0 radical (unpaired) electrons. The molecule has 0 N–H and O–H groups in total. The molecule has 0 saturated heterocycles. The van der Waals surface area contributed by atoms with Crippen molar-refractivity contribution < 1.29 is 14.2 Å². The first kappa shape index (κ1) is 26.8. The summed E-state index contributed by atoms with van der Waals surface area (Å²) in [5.41, 5.74) is 0. The van der Waals surface area contributed by atoms with Crippen LogP contribution in [0.3, 0.4) is 0 Å². The van der Waals surface area contributed by atoms with Crippen LogP contribution < -0.4 is 0 Å². The molecule has 27 heavy (non-hydrogen) atoms. The molecule has 0 aromatic carbocycles. The molecule has 0 heterocycles. The lowest BCUT2D eigenvalue weighted by atomic mass is 10.0. The topological polar surface area (TPSA) is 30.9 Å². The van der Waals surface area contributed by atoms with E-state index in [9.17, 15) is 0 Å². The molecule has 164 valence electrons. The summed E-state index contributed by atoms with van der Waals surface area (Å²) in [5.74, 6) is 0. The molecule has 0 unspecified atom stereocenters. The van der Waals surface area contributed by atoms with E-state index in [1.165, 1.54) is 83.5 Å². The molecule has 0 aliphatic rings. The quantitative estimate of drug-likeness (QED) is 0.211. The van der Waals surface area contributed by atoms with Crippen molar-refractivity contribution >= 4 is 0 Å². The van der Waals surface area contributed by atoms with Crippen LogP contribution in [0.2, 0.25) is 0 Å². The highest BCUT2D eigenvalue weighted by Gasteiger charge is 1.95. The first-order valence-corrected chi connectivity index (χ1v) is 11.6. The maximum absolute atomic E-state index is 5.62. The number of unbranched alkanes of at least 4 members (excludes halogenated alkanes) is 12. The zero-order valence-corrected chi connectivity index (χ0v) is 18.8. The van der Waals surface area contributed by atoms with Crippen LogP contribution in [0, 0.1) is 0 Å². The lowest BCUT2D eigenvalue weighted by Gasteiger charge is -2.10. The molecule has 0 aromatic heterocycles. The Morgan fingerprint density at radius 1 is 0.444 bits per heavy atom. The normalized spacial score (nSPS) is 11.6. The van der Waals surface area contributed by atoms with E-state index in [1.807, 2.05) is 0 Å². The summed E-state index contributed by atoms with van der Waals surface area (Å²) >= 11 is 0. The predicted molar refractivity (Wildman–Crippen MR) is 117 cm³/mol. The van der Waals surface area contributed by atoms with Gasteiger partial charge in [-0.15, -0.1) is 0 Å². The summed E-state index contributed by atoms with van der Waals surface area (Å²) < 4.78 is 16.6. The summed E-state index contributed by atoms with van der Waals surface area (Å²) in [5, 5.41) is 0. The molecule has 0 fully saturated rings. The maximum Gasteiger partial charge on any atom is 0.0701 e. The van der Waals surface area contributed by atoms with Crippen molar-refractivity contribution in [1.82, 2.24) is 4.90 Å². The Morgan fingerprint density at radius 3 is 1.26 bits per heavy atom. The molecule has 4 nitrogen and oxygen atoms in total. The highest BCUT2D eigenvalue weighted by Crippen LogP contribution is 2.12. The van der Waals surface area contributed by atoms with Crippen LogP contribution in [0.1, 0.15) is 90.4 Å². The van der Waals surface area contributed by atoms with Crippen molar-refractivity contribution in [3.63, 3.8) is 0 Å². The average Bonchev–Trinajstić information content (AvgIpc) is 2.65. The summed E-state index contributed by atoms with van der Waals surface area (Å²) in [6.45, 7) is 7.61. The Bertz CT molecular complexity index is 262. The van der Waals surface area contributed by atoms with E-state index in [4.69, 9.17) is 14.2 Å². The SMILES string of the molecule is CCCCCCCCCCCCCCCOCCOCCOCCN(C)C. The van der Waals surface area contributed by atoms with Gasteiger partial charge in [0.1, 0.15) is 0 Å². The second kappa shape index (κ2) is 23.9. The molecule has 0 atom stereocenters. The van der Waals surface area contributed by atoms with E-state index in [1.54, 1.807) is 0 Å². The van der Waals surface area contributed by atoms with Crippen LogP contribution in [0.15, 0.2) is 0 Å². The van der Waals surface area contributed by atoms with Crippen LogP contribution in [-0.4, -0.2) is 65.2 Å². The highest BCUT2D eigenvalue weighted by molar-refractivity contribution is 4.49. The Morgan fingerprint density at radius 2 is 0.815 bits per heavy atom. The minimum absolute atomic E-state index is 0.662. The van der Waals surface area contributed by atoms with E-state index in [0.29, 0.717) is 26.4 Å². The van der Waals surface area contributed by atoms with Crippen LogP contribution in [0.25, 0.3) is 0 Å². The fraction of sp³-hybridized carbons (Fsp3) is 1.00. The van der Waals surface area contributed by atoms with Gasteiger partial charge >= 0.3 is 0 Å². The first-order chi connectivity index (χ1) is 13.3. The summed E-state index contributed by atoms with van der Waals surface area (Å²) in [4.78, 5) is 2.12. The lowest BCUT2D eigenvalue weighted by Crippen LogP contribution is -2.19. The van der Waals surface area contributed by atoms with E-state index in [0.717, 1.165) is 19.8 Å². The van der Waals surface area contributed by atoms with E-state index in [-0.39, 0.29) is 0 Å². The molecule has 0 aliphatic heterocycles. The summed E-state index contributed by atoms with van der Waals surface area (Å²) in [6.07, 6.45) is 18.1. The van der Waals surface area contributed by atoms with Gasteiger partial charge in [-0.3, -0.25) is 0 Å². The summed E-state index contributed by atoms with van der Waals surface area (Å²) in [6, 6.07) is 0. The molecule has 0 aliphatic carbocycles. The van der Waals surface area contributed by atoms with Crippen molar-refractivity contribution in [3.05, 3.63) is 0 Å². The van der Waals surface area contributed by atoms with E-state index >= 15 is 0 Å². The molecular formula is C23H49NO3. The van der Waals surface area contributed by atoms with E-state index < -0.39 is 0 Å². The second-order valence-electron chi connectivity index (χ2n) is 7.88. The minimum atomic E-state index is 0.662. The van der Waals surface area contributed by atoms with Crippen molar-refractivity contribution in [1.29, 1.82) is 0 Å². The van der Waals surface area contributed by atoms with Crippen LogP contribution in [0.4, 0.5) is 0 Å². The fourth-order valence-corrected chi connectivity index (χ4v) is 3.01. The van der Waals surface area contributed by atoms with Gasteiger partial charge in [0.15, 0.2) is 0 Å². The lowest BCUT2D eigenvalue weighted by molar-refractivity contribution is 0.0117. The number of likely N-dealkylation sites (N-methyl/N-ethyl adjacent to an activating group) is 1. The smallest absolute Gasteiger partial charge is 0.0701 e. The average molecular weight is 388 g/mol. The van der Waals surface area contributed by atoms with Crippen LogP contribution in [-0.2, 0) is 14.2 Å². The Balaban J connectivity index is 2.97. The number of ether oxygens (including phenoxy) is 3. The molecule has 0 saturated carbocycles. The molecule has 0 spiro atoms. The molecule has 0 amide bonds. The van der Waals surface area contributed by atoms with Gasteiger partial charge in [-0.2, -0.15) is 0 Å². The van der Waals surface area contributed by atoms with Crippen LogP contribution >= 0.6 is 0 Å². The van der Waals surface area contributed by atoms with Crippen molar-refractivity contribution in [2.75, 3.05) is 60.3 Å². The third-order valence-corrected chi connectivity index (χ3v) is 4.82. The standard InChI is InChI=1S/C23H49NO3/c1-4-5-6-7-8-9-10-11-12-13-14-15-16-18-25-20-22-27-23-21-26-19-17-24(2)3/h4-23H2,1-3H3. The van der Waals surface area contributed by atoms with Gasteiger partial charge in [-0.1, -0.05) is 84.0 Å². The Hall–Kier alpha value is -0.160. The zero-order chi connectivity index (χ0) is 19.8. The van der Waals surface area contributed by atoms with Gasteiger partial charge in [0.25, 0.3) is 0 Å². The highest BCUT2D eigenvalue weighted by atomic mass is 16.5. The van der Waals surface area contributed by atoms with Gasteiger partial charge in [0, 0.05) is 13.2 Å². The third-order valence-electron chi connectivity index (χ3n) is 4.82. The Kier molecular flexibility index (Phi) is 23.7. The predicted octanol–water partition coefficient (Wildman–Crippen LogP) is 5.69.